The Morgan fingerprint density at radius 3 is 2.85 bits per heavy atom. The maximum atomic E-state index is 11.8. The van der Waals surface area contributed by atoms with Gasteiger partial charge in [-0.2, -0.15) is 5.10 Å². The van der Waals surface area contributed by atoms with Crippen LogP contribution in [0.5, 0.6) is 5.75 Å². The van der Waals surface area contributed by atoms with Crippen molar-refractivity contribution in [3.63, 3.8) is 0 Å². The molecule has 0 aliphatic rings. The van der Waals surface area contributed by atoms with Crippen molar-refractivity contribution in [1.82, 2.24) is 10.2 Å². The number of alkyl halides is 1. The van der Waals surface area contributed by atoms with Crippen LogP contribution in [0, 0.1) is 0 Å². The molecule has 0 atom stereocenters. The van der Waals surface area contributed by atoms with E-state index in [1.54, 1.807) is 12.1 Å². The van der Waals surface area contributed by atoms with Gasteiger partial charge in [-0.3, -0.25) is 5.10 Å². The fraction of sp³-hybridized carbons (Fsp3) is 0.250. The first-order valence-corrected chi connectivity index (χ1v) is 6.18. The maximum Gasteiger partial charge on any atom is 0.356 e. The number of amidine groups is 1. The molecule has 0 spiro atoms. The number of aliphatic imine (C=N–C) groups is 1. The molecule has 7 nitrogen and oxygen atoms in total. The van der Waals surface area contributed by atoms with Crippen LogP contribution in [-0.4, -0.2) is 42.1 Å². The first kappa shape index (κ1) is 14.1. The summed E-state index contributed by atoms with van der Waals surface area (Å²) in [6.45, 7) is 0. The highest BCUT2D eigenvalue weighted by atomic mass is 35.5. The SMILES string of the molecule is COC(=O)c1[nH]nc2c(OC)ccc(N=C(N)CCl)c12. The number of nitrogens with one attached hydrogen (secondary N) is 1. The van der Waals surface area contributed by atoms with Gasteiger partial charge in [0.1, 0.15) is 17.1 Å². The van der Waals surface area contributed by atoms with Crippen molar-refractivity contribution in [2.75, 3.05) is 20.1 Å². The minimum Gasteiger partial charge on any atom is -0.494 e. The third-order valence-corrected chi connectivity index (χ3v) is 2.93. The third kappa shape index (κ3) is 2.39. The van der Waals surface area contributed by atoms with Crippen molar-refractivity contribution >= 4 is 40.0 Å². The molecular weight excluding hydrogens is 284 g/mol. The van der Waals surface area contributed by atoms with E-state index in [2.05, 4.69) is 15.2 Å². The number of methoxy groups -OCH3 is 2. The molecule has 0 saturated carbocycles. The van der Waals surface area contributed by atoms with Gasteiger partial charge in [0, 0.05) is 0 Å². The number of carbonyl (C=O) groups excluding carboxylic acids is 1. The number of rotatable bonds is 4. The lowest BCUT2D eigenvalue weighted by molar-refractivity contribution is 0.0596. The number of esters is 1. The Balaban J connectivity index is 2.75. The van der Waals surface area contributed by atoms with Crippen LogP contribution in [-0.2, 0) is 4.74 Å². The maximum absolute atomic E-state index is 11.8. The highest BCUT2D eigenvalue weighted by Crippen LogP contribution is 2.34. The van der Waals surface area contributed by atoms with Crippen LogP contribution in [0.25, 0.3) is 10.9 Å². The second kappa shape index (κ2) is 5.79. The zero-order valence-corrected chi connectivity index (χ0v) is 11.7. The predicted octanol–water partition coefficient (Wildman–Crippen LogP) is 1.59. The number of benzene rings is 1. The second-order valence-electron chi connectivity index (χ2n) is 3.84. The van der Waals surface area contributed by atoms with Crippen molar-refractivity contribution in [1.29, 1.82) is 0 Å². The quantitative estimate of drug-likeness (QED) is 0.386. The molecule has 0 aliphatic carbocycles. The Kier molecular flexibility index (Phi) is 4.09. The molecule has 3 N–H and O–H groups in total. The summed E-state index contributed by atoms with van der Waals surface area (Å²) in [5.41, 5.74) is 6.75. The number of halogens is 1. The Bertz CT molecular complexity index is 681. The number of fused-ring (bicyclic) bond motifs is 1. The molecule has 2 aromatic rings. The zero-order valence-electron chi connectivity index (χ0n) is 10.9. The molecule has 0 fully saturated rings. The van der Waals surface area contributed by atoms with E-state index in [4.69, 9.17) is 26.8 Å². The fourth-order valence-electron chi connectivity index (χ4n) is 1.78. The smallest absolute Gasteiger partial charge is 0.356 e. The van der Waals surface area contributed by atoms with Gasteiger partial charge in [-0.05, 0) is 12.1 Å². The van der Waals surface area contributed by atoms with Crippen LogP contribution in [0.1, 0.15) is 10.5 Å². The summed E-state index contributed by atoms with van der Waals surface area (Å²) in [6, 6.07) is 3.35. The van der Waals surface area contributed by atoms with Gasteiger partial charge < -0.3 is 15.2 Å². The molecule has 0 bridgehead atoms. The van der Waals surface area contributed by atoms with E-state index < -0.39 is 5.97 Å². The van der Waals surface area contributed by atoms with E-state index in [0.29, 0.717) is 22.3 Å². The number of nitrogens with two attached hydrogens (primary N) is 1. The molecule has 1 heterocycles. The van der Waals surface area contributed by atoms with E-state index in [9.17, 15) is 4.79 Å². The highest BCUT2D eigenvalue weighted by Gasteiger charge is 2.20. The molecule has 0 saturated heterocycles. The van der Waals surface area contributed by atoms with E-state index in [0.717, 1.165) is 0 Å². The minimum absolute atomic E-state index is 0.0823. The van der Waals surface area contributed by atoms with E-state index in [-0.39, 0.29) is 17.4 Å². The van der Waals surface area contributed by atoms with Crippen LogP contribution in [0.2, 0.25) is 0 Å². The summed E-state index contributed by atoms with van der Waals surface area (Å²) in [6.07, 6.45) is 0. The molecular formula is C12H13ClN4O3. The van der Waals surface area contributed by atoms with Gasteiger partial charge in [0.25, 0.3) is 0 Å². The minimum atomic E-state index is -0.554. The van der Waals surface area contributed by atoms with Crippen LogP contribution in [0.3, 0.4) is 0 Å². The topological polar surface area (TPSA) is 103 Å². The second-order valence-corrected chi connectivity index (χ2v) is 4.10. The summed E-state index contributed by atoms with van der Waals surface area (Å²) in [7, 11) is 2.79. The lowest BCUT2D eigenvalue weighted by Gasteiger charge is -2.04. The number of nitrogens with zero attached hydrogens (tertiary/aromatic N) is 2. The van der Waals surface area contributed by atoms with Gasteiger partial charge in [-0.1, -0.05) is 0 Å². The number of hydrogen-bond acceptors (Lipinski definition) is 5. The van der Waals surface area contributed by atoms with Gasteiger partial charge in [0.05, 0.1) is 31.2 Å². The monoisotopic (exact) mass is 296 g/mol. The number of aromatic nitrogens is 2. The summed E-state index contributed by atoms with van der Waals surface area (Å²) in [5, 5.41) is 7.16. The average Bonchev–Trinajstić information content (AvgIpc) is 2.92. The molecule has 0 unspecified atom stereocenters. The fourth-order valence-corrected chi connectivity index (χ4v) is 1.84. The summed E-state index contributed by atoms with van der Waals surface area (Å²) in [5.74, 6) is 0.269. The molecule has 0 radical (unpaired) electrons. The van der Waals surface area contributed by atoms with Gasteiger partial charge in [-0.15, -0.1) is 11.6 Å². The van der Waals surface area contributed by atoms with E-state index in [1.165, 1.54) is 14.2 Å². The van der Waals surface area contributed by atoms with Crippen LogP contribution in [0.15, 0.2) is 17.1 Å². The number of ether oxygens (including phenoxy) is 2. The Hall–Kier alpha value is -2.28. The van der Waals surface area contributed by atoms with Gasteiger partial charge in [0.2, 0.25) is 0 Å². The van der Waals surface area contributed by atoms with Crippen molar-refractivity contribution < 1.29 is 14.3 Å². The molecule has 20 heavy (non-hydrogen) atoms. The summed E-state index contributed by atoms with van der Waals surface area (Å²) >= 11 is 5.62. The summed E-state index contributed by atoms with van der Waals surface area (Å²) in [4.78, 5) is 15.9. The summed E-state index contributed by atoms with van der Waals surface area (Å²) < 4.78 is 9.91. The first-order chi connectivity index (χ1) is 9.62. The van der Waals surface area contributed by atoms with E-state index >= 15 is 0 Å². The van der Waals surface area contributed by atoms with Gasteiger partial charge >= 0.3 is 5.97 Å². The van der Waals surface area contributed by atoms with Crippen molar-refractivity contribution in [2.24, 2.45) is 10.7 Å². The van der Waals surface area contributed by atoms with Crippen LogP contribution < -0.4 is 10.5 Å². The first-order valence-electron chi connectivity index (χ1n) is 5.64. The molecule has 0 aliphatic heterocycles. The molecule has 0 amide bonds. The third-order valence-electron chi connectivity index (χ3n) is 2.66. The van der Waals surface area contributed by atoms with Crippen molar-refractivity contribution in [3.8, 4) is 5.75 Å². The van der Waals surface area contributed by atoms with Crippen molar-refractivity contribution in [3.05, 3.63) is 17.8 Å². The number of carbonyl (C=O) groups is 1. The Morgan fingerprint density at radius 2 is 2.25 bits per heavy atom. The normalized spacial score (nSPS) is 11.7. The van der Waals surface area contributed by atoms with Crippen molar-refractivity contribution in [2.45, 2.75) is 0 Å². The zero-order chi connectivity index (χ0) is 14.7. The molecule has 1 aromatic carbocycles. The average molecular weight is 297 g/mol. The molecule has 1 aromatic heterocycles. The number of aromatic amines is 1. The van der Waals surface area contributed by atoms with Crippen LogP contribution >= 0.6 is 11.6 Å². The van der Waals surface area contributed by atoms with E-state index in [1.807, 2.05) is 0 Å². The lowest BCUT2D eigenvalue weighted by atomic mass is 10.1. The molecule has 8 heteroatoms. The standard InChI is InChI=1S/C12H13ClN4O3/c1-19-7-4-3-6(15-8(14)5-13)9-10(7)16-17-11(9)12(18)20-2/h3-4H,5H2,1-2H3,(H2,14,15)(H,16,17). The van der Waals surface area contributed by atoms with Gasteiger partial charge in [-0.25, -0.2) is 9.79 Å². The van der Waals surface area contributed by atoms with Gasteiger partial charge in [0.15, 0.2) is 5.69 Å². The number of hydrogen-bond donors (Lipinski definition) is 2. The Labute approximate surface area is 119 Å². The predicted molar refractivity (Wildman–Crippen MR) is 76.0 cm³/mol. The number of H-pyrrole nitrogens is 1. The van der Waals surface area contributed by atoms with Crippen LogP contribution in [0.4, 0.5) is 5.69 Å². The molecule has 2 rings (SSSR count). The largest absolute Gasteiger partial charge is 0.494 e. The molecule has 106 valence electrons. The highest BCUT2D eigenvalue weighted by molar-refractivity contribution is 6.28. The lowest BCUT2D eigenvalue weighted by Crippen LogP contribution is -2.12. The Morgan fingerprint density at radius 1 is 1.50 bits per heavy atom.